The third-order valence-electron chi connectivity index (χ3n) is 5.66. The van der Waals surface area contributed by atoms with Crippen LogP contribution in [0.3, 0.4) is 0 Å². The highest BCUT2D eigenvalue weighted by molar-refractivity contribution is 7.92. The van der Waals surface area contributed by atoms with Crippen molar-refractivity contribution >= 4 is 27.5 Å². The van der Waals surface area contributed by atoms with Crippen LogP contribution in [0.1, 0.15) is 37.0 Å². The van der Waals surface area contributed by atoms with E-state index in [0.717, 1.165) is 33.7 Å². The molecule has 2 rings (SSSR count). The van der Waals surface area contributed by atoms with Crippen LogP contribution in [-0.4, -0.2) is 57.6 Å². The van der Waals surface area contributed by atoms with Crippen LogP contribution in [0.5, 0.6) is 5.75 Å². The van der Waals surface area contributed by atoms with Crippen LogP contribution >= 0.6 is 0 Å². The molecule has 1 unspecified atom stereocenters. The lowest BCUT2D eigenvalue weighted by molar-refractivity contribution is -0.139. The summed E-state index contributed by atoms with van der Waals surface area (Å²) < 4.78 is 31.6. The molecule has 0 aliphatic carbocycles. The van der Waals surface area contributed by atoms with E-state index in [1.54, 1.807) is 44.4 Å². The second-order valence-electron chi connectivity index (χ2n) is 8.38. The molecule has 0 aliphatic rings. The fraction of sp³-hybridized carbons (Fsp3) is 0.440. The Morgan fingerprint density at radius 1 is 1.09 bits per heavy atom. The zero-order chi connectivity index (χ0) is 25.5. The Morgan fingerprint density at radius 3 is 2.38 bits per heavy atom. The summed E-state index contributed by atoms with van der Waals surface area (Å²) in [7, 11) is -2.20. The number of benzene rings is 2. The minimum atomic E-state index is -3.75. The van der Waals surface area contributed by atoms with Crippen molar-refractivity contribution in [2.45, 2.75) is 46.7 Å². The minimum absolute atomic E-state index is 0.126. The van der Waals surface area contributed by atoms with Crippen molar-refractivity contribution in [1.29, 1.82) is 0 Å². The number of carbonyl (C=O) groups is 2. The third-order valence-corrected chi connectivity index (χ3v) is 6.80. The molecule has 0 aliphatic heterocycles. The molecular formula is C25H35N3O5S. The number of methoxy groups -OCH3 is 1. The van der Waals surface area contributed by atoms with E-state index in [0.29, 0.717) is 18.0 Å². The summed E-state index contributed by atoms with van der Waals surface area (Å²) in [6, 6.07) is 11.7. The standard InChI is InChI=1S/C25H35N3O5S/c1-7-13-26-25(30)20(4)27(16-21-9-8-10-23(15-21)33-5)24(29)17-28(34(6,31)32)22-12-11-18(2)19(3)14-22/h8-12,14-15,20H,7,13,16-17H2,1-6H3,(H,26,30). The maximum Gasteiger partial charge on any atom is 0.244 e. The molecule has 0 bridgehead atoms. The summed E-state index contributed by atoms with van der Waals surface area (Å²) in [5.74, 6) is -0.151. The van der Waals surface area contributed by atoms with Crippen molar-refractivity contribution in [3.8, 4) is 5.75 Å². The number of nitrogens with zero attached hydrogens (tertiary/aromatic N) is 2. The highest BCUT2D eigenvalue weighted by Gasteiger charge is 2.30. The van der Waals surface area contributed by atoms with Gasteiger partial charge in [0.2, 0.25) is 21.8 Å². The lowest BCUT2D eigenvalue weighted by Crippen LogP contribution is -2.51. The number of ether oxygens (including phenoxy) is 1. The van der Waals surface area contributed by atoms with Crippen LogP contribution in [0.4, 0.5) is 5.69 Å². The van der Waals surface area contributed by atoms with Crippen molar-refractivity contribution in [2.24, 2.45) is 0 Å². The summed E-state index contributed by atoms with van der Waals surface area (Å²) in [6.07, 6.45) is 1.83. The SMILES string of the molecule is CCCNC(=O)C(C)N(Cc1cccc(OC)c1)C(=O)CN(c1ccc(C)c(C)c1)S(C)(=O)=O. The summed E-state index contributed by atoms with van der Waals surface area (Å²) in [6.45, 7) is 7.60. The smallest absolute Gasteiger partial charge is 0.244 e. The van der Waals surface area contributed by atoms with Gasteiger partial charge in [-0.05, 0) is 68.1 Å². The molecule has 8 nitrogen and oxygen atoms in total. The Hall–Kier alpha value is -3.07. The van der Waals surface area contributed by atoms with E-state index < -0.39 is 28.5 Å². The molecule has 1 atom stereocenters. The number of carbonyl (C=O) groups excluding carboxylic acids is 2. The molecule has 186 valence electrons. The first-order valence-corrected chi connectivity index (χ1v) is 13.1. The van der Waals surface area contributed by atoms with Gasteiger partial charge in [-0.15, -0.1) is 0 Å². The number of aryl methyl sites for hydroxylation is 2. The van der Waals surface area contributed by atoms with Crippen LogP contribution in [0.15, 0.2) is 42.5 Å². The first kappa shape index (κ1) is 27.2. The number of amides is 2. The maximum absolute atomic E-state index is 13.5. The minimum Gasteiger partial charge on any atom is -0.497 e. The van der Waals surface area contributed by atoms with E-state index in [4.69, 9.17) is 4.74 Å². The highest BCUT2D eigenvalue weighted by Crippen LogP contribution is 2.22. The van der Waals surface area contributed by atoms with Crippen molar-refractivity contribution in [2.75, 3.05) is 30.8 Å². The predicted octanol–water partition coefficient (Wildman–Crippen LogP) is 3.02. The van der Waals surface area contributed by atoms with Gasteiger partial charge in [0.05, 0.1) is 19.1 Å². The lowest BCUT2D eigenvalue weighted by Gasteiger charge is -2.31. The molecule has 0 heterocycles. The van der Waals surface area contributed by atoms with Crippen LogP contribution in [0.25, 0.3) is 0 Å². The Morgan fingerprint density at radius 2 is 1.79 bits per heavy atom. The van der Waals surface area contributed by atoms with Crippen molar-refractivity contribution in [1.82, 2.24) is 10.2 Å². The molecule has 1 N–H and O–H groups in total. The van der Waals surface area contributed by atoms with Gasteiger partial charge in [-0.1, -0.05) is 25.1 Å². The van der Waals surface area contributed by atoms with E-state index >= 15 is 0 Å². The fourth-order valence-corrected chi connectivity index (χ4v) is 4.28. The van der Waals surface area contributed by atoms with Gasteiger partial charge in [-0.3, -0.25) is 13.9 Å². The van der Waals surface area contributed by atoms with Crippen LogP contribution in [0, 0.1) is 13.8 Å². The van der Waals surface area contributed by atoms with Crippen LogP contribution < -0.4 is 14.4 Å². The number of sulfonamides is 1. The van der Waals surface area contributed by atoms with E-state index in [2.05, 4.69) is 5.32 Å². The summed E-state index contributed by atoms with van der Waals surface area (Å²) in [5.41, 5.74) is 3.10. The third kappa shape index (κ3) is 7.21. The van der Waals surface area contributed by atoms with E-state index in [1.807, 2.05) is 32.9 Å². The van der Waals surface area contributed by atoms with Gasteiger partial charge in [0.1, 0.15) is 18.3 Å². The van der Waals surface area contributed by atoms with Gasteiger partial charge in [0.15, 0.2) is 0 Å². The molecule has 0 spiro atoms. The molecule has 2 aromatic carbocycles. The van der Waals surface area contributed by atoms with E-state index in [-0.39, 0.29) is 12.5 Å². The average molecular weight is 490 g/mol. The molecular weight excluding hydrogens is 454 g/mol. The highest BCUT2D eigenvalue weighted by atomic mass is 32.2. The number of hydrogen-bond acceptors (Lipinski definition) is 5. The quantitative estimate of drug-likeness (QED) is 0.523. The lowest BCUT2D eigenvalue weighted by atomic mass is 10.1. The largest absolute Gasteiger partial charge is 0.497 e. The molecule has 0 fully saturated rings. The monoisotopic (exact) mass is 489 g/mol. The zero-order valence-corrected chi connectivity index (χ0v) is 21.6. The van der Waals surface area contributed by atoms with Crippen LogP contribution in [0.2, 0.25) is 0 Å². The fourth-order valence-electron chi connectivity index (χ4n) is 3.44. The molecule has 0 radical (unpaired) electrons. The molecule has 0 saturated heterocycles. The van der Waals surface area contributed by atoms with Gasteiger partial charge in [-0.25, -0.2) is 8.42 Å². The Bertz CT molecular complexity index is 1120. The number of rotatable bonds is 11. The topological polar surface area (TPSA) is 96.0 Å². The van der Waals surface area contributed by atoms with Crippen molar-refractivity contribution in [3.05, 3.63) is 59.2 Å². The number of nitrogens with one attached hydrogen (secondary N) is 1. The van der Waals surface area contributed by atoms with Gasteiger partial charge in [-0.2, -0.15) is 0 Å². The van der Waals surface area contributed by atoms with Gasteiger partial charge < -0.3 is 15.0 Å². The Balaban J connectivity index is 2.40. The molecule has 9 heteroatoms. The second-order valence-corrected chi connectivity index (χ2v) is 10.3. The first-order chi connectivity index (χ1) is 16.0. The maximum atomic E-state index is 13.5. The molecule has 0 aromatic heterocycles. The van der Waals surface area contributed by atoms with Gasteiger partial charge >= 0.3 is 0 Å². The molecule has 0 saturated carbocycles. The second kappa shape index (κ2) is 11.9. The Labute approximate surface area is 202 Å². The van der Waals surface area contributed by atoms with Gasteiger partial charge in [0, 0.05) is 13.1 Å². The van der Waals surface area contributed by atoms with E-state index in [1.165, 1.54) is 4.90 Å². The predicted molar refractivity (Wildman–Crippen MR) is 134 cm³/mol. The Kier molecular flexibility index (Phi) is 9.49. The number of hydrogen-bond donors (Lipinski definition) is 1. The van der Waals surface area contributed by atoms with E-state index in [9.17, 15) is 18.0 Å². The van der Waals surface area contributed by atoms with Crippen LogP contribution in [-0.2, 0) is 26.2 Å². The average Bonchev–Trinajstić information content (AvgIpc) is 2.80. The zero-order valence-electron chi connectivity index (χ0n) is 20.8. The summed E-state index contributed by atoms with van der Waals surface area (Å²) in [4.78, 5) is 27.6. The first-order valence-electron chi connectivity index (χ1n) is 11.2. The molecule has 2 aromatic rings. The summed E-state index contributed by atoms with van der Waals surface area (Å²) >= 11 is 0. The number of anilines is 1. The van der Waals surface area contributed by atoms with Crippen molar-refractivity contribution < 1.29 is 22.7 Å². The normalized spacial score (nSPS) is 12.1. The van der Waals surface area contributed by atoms with Crippen molar-refractivity contribution in [3.63, 3.8) is 0 Å². The molecule has 34 heavy (non-hydrogen) atoms. The molecule has 2 amide bonds. The summed E-state index contributed by atoms with van der Waals surface area (Å²) in [5, 5.41) is 2.82. The van der Waals surface area contributed by atoms with Gasteiger partial charge in [0.25, 0.3) is 0 Å².